The summed E-state index contributed by atoms with van der Waals surface area (Å²) >= 11 is 0. The van der Waals surface area contributed by atoms with Crippen molar-refractivity contribution >= 4 is 22.6 Å². The number of carbonyl (C=O) groups is 1. The quantitative estimate of drug-likeness (QED) is 0.301. The first-order chi connectivity index (χ1) is 16.9. The Kier molecular flexibility index (Phi) is 6.33. The molecule has 1 saturated heterocycles. The molecule has 2 heterocycles. The van der Waals surface area contributed by atoms with Gasteiger partial charge >= 0.3 is 0 Å². The number of aromatic nitrogens is 2. The van der Waals surface area contributed by atoms with Gasteiger partial charge in [0.25, 0.3) is 0 Å². The van der Waals surface area contributed by atoms with Crippen LogP contribution in [-0.2, 0) is 11.3 Å². The summed E-state index contributed by atoms with van der Waals surface area (Å²) in [7, 11) is 0. The maximum Gasteiger partial charge on any atom is 0.227 e. The Labute approximate surface area is 207 Å². The van der Waals surface area contributed by atoms with Gasteiger partial charge in [0.15, 0.2) is 0 Å². The Morgan fingerprint density at radius 1 is 0.943 bits per heavy atom. The SMILES string of the molecule is Cc1cc(C)cc(OCCCn2c(C3CC(=O)N(c4ccc(C)cc4C)C3)nc3ccccc32)c1. The van der Waals surface area contributed by atoms with Crippen LogP contribution >= 0.6 is 0 Å². The van der Waals surface area contributed by atoms with Gasteiger partial charge in [-0.3, -0.25) is 4.79 Å². The molecule has 0 N–H and O–H groups in total. The van der Waals surface area contributed by atoms with Gasteiger partial charge in [-0.25, -0.2) is 4.98 Å². The molecule has 3 aromatic carbocycles. The third-order valence-electron chi connectivity index (χ3n) is 6.81. The van der Waals surface area contributed by atoms with Crippen LogP contribution in [-0.4, -0.2) is 28.6 Å². The molecule has 0 aliphatic carbocycles. The smallest absolute Gasteiger partial charge is 0.227 e. The van der Waals surface area contributed by atoms with E-state index < -0.39 is 0 Å². The lowest BCUT2D eigenvalue weighted by Crippen LogP contribution is -2.25. The summed E-state index contributed by atoms with van der Waals surface area (Å²) in [5.41, 5.74) is 7.87. The number of carbonyl (C=O) groups excluding carboxylic acids is 1. The highest BCUT2D eigenvalue weighted by Gasteiger charge is 2.35. The molecule has 0 bridgehead atoms. The summed E-state index contributed by atoms with van der Waals surface area (Å²) in [4.78, 5) is 20.0. The highest BCUT2D eigenvalue weighted by Crippen LogP contribution is 2.34. The average molecular weight is 468 g/mol. The molecule has 5 nitrogen and oxygen atoms in total. The number of nitrogens with zero attached hydrogens (tertiary/aromatic N) is 3. The lowest BCUT2D eigenvalue weighted by atomic mass is 10.1. The fourth-order valence-electron chi connectivity index (χ4n) is 5.29. The Morgan fingerprint density at radius 3 is 2.49 bits per heavy atom. The fraction of sp³-hybridized carbons (Fsp3) is 0.333. The maximum absolute atomic E-state index is 13.1. The monoisotopic (exact) mass is 467 g/mol. The number of imidazole rings is 1. The highest BCUT2D eigenvalue weighted by atomic mass is 16.5. The Bertz CT molecular complexity index is 1370. The fourth-order valence-corrected chi connectivity index (χ4v) is 5.29. The lowest BCUT2D eigenvalue weighted by molar-refractivity contribution is -0.117. The zero-order valence-corrected chi connectivity index (χ0v) is 21.0. The van der Waals surface area contributed by atoms with Crippen LogP contribution in [0.1, 0.15) is 46.8 Å². The van der Waals surface area contributed by atoms with Crippen LogP contribution in [0.2, 0.25) is 0 Å². The van der Waals surface area contributed by atoms with Crippen molar-refractivity contribution in [3.63, 3.8) is 0 Å². The number of anilines is 1. The van der Waals surface area contributed by atoms with Crippen molar-refractivity contribution in [3.05, 3.63) is 88.7 Å². The van der Waals surface area contributed by atoms with E-state index in [0.717, 1.165) is 46.8 Å². The van der Waals surface area contributed by atoms with Crippen molar-refractivity contribution in [2.45, 2.75) is 53.0 Å². The predicted molar refractivity (Wildman–Crippen MR) is 141 cm³/mol. The molecule has 35 heavy (non-hydrogen) atoms. The van der Waals surface area contributed by atoms with Gasteiger partial charge < -0.3 is 14.2 Å². The molecule has 5 rings (SSSR count). The second kappa shape index (κ2) is 9.57. The third-order valence-corrected chi connectivity index (χ3v) is 6.81. The first-order valence-electron chi connectivity index (χ1n) is 12.4. The molecular formula is C30H33N3O2. The van der Waals surface area contributed by atoms with Gasteiger partial charge in [-0.1, -0.05) is 35.9 Å². The second-order valence-electron chi connectivity index (χ2n) is 9.83. The minimum absolute atomic E-state index is 0.0657. The van der Waals surface area contributed by atoms with E-state index >= 15 is 0 Å². The molecule has 0 radical (unpaired) electrons. The number of ether oxygens (including phenoxy) is 1. The molecule has 1 aromatic heterocycles. The van der Waals surface area contributed by atoms with E-state index in [0.29, 0.717) is 19.6 Å². The Morgan fingerprint density at radius 2 is 1.71 bits per heavy atom. The van der Waals surface area contributed by atoms with Gasteiger partial charge in [0.1, 0.15) is 11.6 Å². The molecule has 1 unspecified atom stereocenters. The Balaban J connectivity index is 1.35. The van der Waals surface area contributed by atoms with Gasteiger partial charge in [-0.05, 0) is 81.1 Å². The summed E-state index contributed by atoms with van der Waals surface area (Å²) in [6.45, 7) is 10.4. The summed E-state index contributed by atoms with van der Waals surface area (Å²) in [6.07, 6.45) is 1.34. The van der Waals surface area contributed by atoms with Crippen molar-refractivity contribution in [3.8, 4) is 5.75 Å². The van der Waals surface area contributed by atoms with Crippen molar-refractivity contribution in [2.24, 2.45) is 0 Å². The summed E-state index contributed by atoms with van der Waals surface area (Å²) < 4.78 is 8.36. The molecular weight excluding hydrogens is 434 g/mol. The van der Waals surface area contributed by atoms with Gasteiger partial charge in [-0.2, -0.15) is 0 Å². The van der Waals surface area contributed by atoms with Crippen molar-refractivity contribution < 1.29 is 9.53 Å². The van der Waals surface area contributed by atoms with Crippen LogP contribution in [0.25, 0.3) is 11.0 Å². The maximum atomic E-state index is 13.1. The van der Waals surface area contributed by atoms with E-state index in [9.17, 15) is 4.79 Å². The van der Waals surface area contributed by atoms with Gasteiger partial charge in [0.2, 0.25) is 5.91 Å². The van der Waals surface area contributed by atoms with Crippen molar-refractivity contribution in [2.75, 3.05) is 18.1 Å². The van der Waals surface area contributed by atoms with Gasteiger partial charge in [0.05, 0.1) is 17.6 Å². The molecule has 1 amide bonds. The summed E-state index contributed by atoms with van der Waals surface area (Å²) in [5.74, 6) is 2.15. The molecule has 5 heteroatoms. The minimum Gasteiger partial charge on any atom is -0.494 e. The largest absolute Gasteiger partial charge is 0.494 e. The number of fused-ring (bicyclic) bond motifs is 1. The topological polar surface area (TPSA) is 47.4 Å². The number of para-hydroxylation sites is 2. The van der Waals surface area contributed by atoms with Crippen molar-refractivity contribution in [1.82, 2.24) is 9.55 Å². The van der Waals surface area contributed by atoms with Crippen LogP contribution in [0.4, 0.5) is 5.69 Å². The van der Waals surface area contributed by atoms with E-state index in [4.69, 9.17) is 9.72 Å². The van der Waals surface area contributed by atoms with E-state index in [1.54, 1.807) is 0 Å². The summed E-state index contributed by atoms with van der Waals surface area (Å²) in [5, 5.41) is 0. The molecule has 180 valence electrons. The summed E-state index contributed by atoms with van der Waals surface area (Å²) in [6, 6.07) is 20.9. The molecule has 1 aliphatic heterocycles. The number of hydrogen-bond acceptors (Lipinski definition) is 3. The van der Waals surface area contributed by atoms with E-state index in [1.165, 1.54) is 16.7 Å². The zero-order chi connectivity index (χ0) is 24.5. The van der Waals surface area contributed by atoms with Crippen LogP contribution in [0, 0.1) is 27.7 Å². The number of amides is 1. The molecule has 4 aromatic rings. The average Bonchev–Trinajstić information content (AvgIpc) is 3.36. The number of hydrogen-bond donors (Lipinski definition) is 0. The molecule has 1 atom stereocenters. The number of benzene rings is 3. The standard InChI is InChI=1S/C30H33N3O2/c1-20-10-11-27(23(4)15-20)33-19-24(18-29(33)34)30-31-26-8-5-6-9-28(26)32(30)12-7-13-35-25-16-21(2)14-22(3)17-25/h5-6,8-11,14-17,24H,7,12-13,18-19H2,1-4H3. The Hall–Kier alpha value is -3.60. The van der Waals surface area contributed by atoms with Crippen LogP contribution in [0.15, 0.2) is 60.7 Å². The first kappa shape index (κ1) is 23.2. The molecule has 1 aliphatic rings. The minimum atomic E-state index is 0.0657. The van der Waals surface area contributed by atoms with E-state index in [2.05, 4.69) is 86.9 Å². The third kappa shape index (κ3) is 4.81. The normalized spacial score (nSPS) is 15.8. The number of rotatable bonds is 7. The molecule has 0 spiro atoms. The lowest BCUT2D eigenvalue weighted by Gasteiger charge is -2.20. The van der Waals surface area contributed by atoms with Crippen LogP contribution in [0.5, 0.6) is 5.75 Å². The predicted octanol–water partition coefficient (Wildman–Crippen LogP) is 6.26. The number of aryl methyl sites for hydroxylation is 5. The van der Waals surface area contributed by atoms with E-state index in [1.807, 2.05) is 11.0 Å². The van der Waals surface area contributed by atoms with Crippen LogP contribution in [0.3, 0.4) is 0 Å². The second-order valence-corrected chi connectivity index (χ2v) is 9.83. The van der Waals surface area contributed by atoms with E-state index in [-0.39, 0.29) is 11.8 Å². The zero-order valence-electron chi connectivity index (χ0n) is 21.0. The van der Waals surface area contributed by atoms with Crippen LogP contribution < -0.4 is 9.64 Å². The highest BCUT2D eigenvalue weighted by molar-refractivity contribution is 5.97. The first-order valence-corrected chi connectivity index (χ1v) is 12.4. The van der Waals surface area contributed by atoms with Crippen molar-refractivity contribution in [1.29, 1.82) is 0 Å². The van der Waals surface area contributed by atoms with Gasteiger partial charge in [0, 0.05) is 31.1 Å². The molecule has 0 saturated carbocycles. The van der Waals surface area contributed by atoms with Gasteiger partial charge in [-0.15, -0.1) is 0 Å². The molecule has 1 fully saturated rings.